The van der Waals surface area contributed by atoms with Gasteiger partial charge in [0, 0.05) is 42.2 Å². The molecule has 0 bridgehead atoms. The van der Waals surface area contributed by atoms with Crippen molar-refractivity contribution in [2.75, 3.05) is 18.0 Å². The van der Waals surface area contributed by atoms with E-state index in [1.54, 1.807) is 6.07 Å². The SMILES string of the molecule is CCN(CC)c1ccc2cc(CCC(=O)O)c(=O)oc2c1. The Morgan fingerprint density at radius 2 is 1.95 bits per heavy atom. The molecule has 0 aliphatic rings. The van der Waals surface area contributed by atoms with Crippen molar-refractivity contribution >= 4 is 22.6 Å². The van der Waals surface area contributed by atoms with Crippen molar-refractivity contribution in [3.8, 4) is 0 Å². The second-order valence-electron chi connectivity index (χ2n) is 4.85. The van der Waals surface area contributed by atoms with E-state index in [1.807, 2.05) is 18.2 Å². The Labute approximate surface area is 122 Å². The maximum absolute atomic E-state index is 11.9. The number of fused-ring (bicyclic) bond motifs is 1. The molecule has 5 nitrogen and oxygen atoms in total. The van der Waals surface area contributed by atoms with Crippen LogP contribution in [0.25, 0.3) is 11.0 Å². The van der Waals surface area contributed by atoms with Crippen LogP contribution in [0.3, 0.4) is 0 Å². The van der Waals surface area contributed by atoms with Gasteiger partial charge < -0.3 is 14.4 Å². The molecule has 21 heavy (non-hydrogen) atoms. The van der Waals surface area contributed by atoms with E-state index in [-0.39, 0.29) is 12.8 Å². The number of carbonyl (C=O) groups is 1. The first-order valence-corrected chi connectivity index (χ1v) is 7.08. The summed E-state index contributed by atoms with van der Waals surface area (Å²) in [5.41, 5.74) is 1.48. The monoisotopic (exact) mass is 289 g/mol. The van der Waals surface area contributed by atoms with Gasteiger partial charge in [-0.1, -0.05) is 0 Å². The number of hydrogen-bond donors (Lipinski definition) is 1. The molecule has 5 heteroatoms. The van der Waals surface area contributed by atoms with E-state index in [0.717, 1.165) is 24.2 Å². The zero-order chi connectivity index (χ0) is 15.4. The van der Waals surface area contributed by atoms with E-state index in [4.69, 9.17) is 9.52 Å². The Kier molecular flexibility index (Phi) is 4.62. The third-order valence-electron chi connectivity index (χ3n) is 3.53. The fourth-order valence-electron chi connectivity index (χ4n) is 2.34. The summed E-state index contributed by atoms with van der Waals surface area (Å²) in [6.07, 6.45) is 0.110. The highest BCUT2D eigenvalue weighted by Crippen LogP contribution is 2.22. The Bertz CT molecular complexity index is 701. The molecule has 1 aromatic carbocycles. The summed E-state index contributed by atoms with van der Waals surface area (Å²) in [4.78, 5) is 24.7. The molecule has 0 radical (unpaired) electrons. The number of aryl methyl sites for hydroxylation is 1. The largest absolute Gasteiger partial charge is 0.481 e. The summed E-state index contributed by atoms with van der Waals surface area (Å²) in [7, 11) is 0. The van der Waals surface area contributed by atoms with Crippen LogP contribution in [0.5, 0.6) is 0 Å². The molecule has 1 aromatic heterocycles. The Morgan fingerprint density at radius 1 is 1.24 bits per heavy atom. The van der Waals surface area contributed by atoms with Crippen LogP contribution in [0.4, 0.5) is 5.69 Å². The highest BCUT2D eigenvalue weighted by atomic mass is 16.4. The number of carboxylic acid groups (broad SMARTS) is 1. The number of nitrogens with zero attached hydrogens (tertiary/aromatic N) is 1. The predicted molar refractivity (Wildman–Crippen MR) is 82.0 cm³/mol. The quantitative estimate of drug-likeness (QED) is 0.828. The molecule has 0 saturated carbocycles. The van der Waals surface area contributed by atoms with Gasteiger partial charge in [0.15, 0.2) is 0 Å². The van der Waals surface area contributed by atoms with Crippen molar-refractivity contribution in [2.24, 2.45) is 0 Å². The van der Waals surface area contributed by atoms with E-state index in [1.165, 1.54) is 0 Å². The summed E-state index contributed by atoms with van der Waals surface area (Å²) >= 11 is 0. The van der Waals surface area contributed by atoms with Gasteiger partial charge in [0.25, 0.3) is 0 Å². The standard InChI is InChI=1S/C16H19NO4/c1-3-17(4-2)13-7-5-11-9-12(6-8-15(18)19)16(20)21-14(11)10-13/h5,7,9-10H,3-4,6,8H2,1-2H3,(H,18,19). The molecule has 1 heterocycles. The second kappa shape index (κ2) is 6.43. The molecule has 0 aliphatic carbocycles. The maximum atomic E-state index is 11.9. The normalized spacial score (nSPS) is 10.8. The van der Waals surface area contributed by atoms with Crippen molar-refractivity contribution in [1.82, 2.24) is 0 Å². The molecule has 0 unspecified atom stereocenters. The van der Waals surface area contributed by atoms with E-state index in [9.17, 15) is 9.59 Å². The van der Waals surface area contributed by atoms with Gasteiger partial charge in [-0.3, -0.25) is 4.79 Å². The van der Waals surface area contributed by atoms with Crippen molar-refractivity contribution in [2.45, 2.75) is 26.7 Å². The minimum Gasteiger partial charge on any atom is -0.481 e. The van der Waals surface area contributed by atoms with E-state index in [2.05, 4.69) is 18.7 Å². The lowest BCUT2D eigenvalue weighted by Gasteiger charge is -2.21. The van der Waals surface area contributed by atoms with Crippen LogP contribution in [0.1, 0.15) is 25.8 Å². The van der Waals surface area contributed by atoms with Crippen molar-refractivity contribution in [3.63, 3.8) is 0 Å². The molecule has 0 aliphatic heterocycles. The van der Waals surface area contributed by atoms with E-state index in [0.29, 0.717) is 11.1 Å². The minimum atomic E-state index is -0.925. The molecule has 2 aromatic rings. The van der Waals surface area contributed by atoms with Gasteiger partial charge in [-0.25, -0.2) is 4.79 Å². The van der Waals surface area contributed by atoms with E-state index < -0.39 is 11.6 Å². The fourth-order valence-corrected chi connectivity index (χ4v) is 2.34. The first-order valence-electron chi connectivity index (χ1n) is 7.08. The number of rotatable bonds is 6. The molecular formula is C16H19NO4. The van der Waals surface area contributed by atoms with E-state index >= 15 is 0 Å². The molecule has 2 rings (SSSR count). The fraction of sp³-hybridized carbons (Fsp3) is 0.375. The number of benzene rings is 1. The molecule has 112 valence electrons. The Morgan fingerprint density at radius 3 is 2.57 bits per heavy atom. The lowest BCUT2D eigenvalue weighted by atomic mass is 10.1. The molecule has 0 saturated heterocycles. The minimum absolute atomic E-state index is 0.0756. The Hall–Kier alpha value is -2.30. The lowest BCUT2D eigenvalue weighted by Crippen LogP contribution is -2.21. The van der Waals surface area contributed by atoms with Crippen LogP contribution in [0, 0.1) is 0 Å². The van der Waals surface area contributed by atoms with Gasteiger partial charge in [-0.15, -0.1) is 0 Å². The molecule has 0 fully saturated rings. The summed E-state index contributed by atoms with van der Waals surface area (Å²) in [6.45, 7) is 5.89. The van der Waals surface area contributed by atoms with Crippen LogP contribution >= 0.6 is 0 Å². The van der Waals surface area contributed by atoms with Crippen LogP contribution < -0.4 is 10.5 Å². The van der Waals surface area contributed by atoms with Crippen LogP contribution in [-0.4, -0.2) is 24.2 Å². The lowest BCUT2D eigenvalue weighted by molar-refractivity contribution is -0.136. The zero-order valence-electron chi connectivity index (χ0n) is 12.3. The molecule has 0 amide bonds. The highest BCUT2D eigenvalue weighted by molar-refractivity contribution is 5.81. The average Bonchev–Trinajstić information content (AvgIpc) is 2.46. The third-order valence-corrected chi connectivity index (χ3v) is 3.53. The molecule has 1 N–H and O–H groups in total. The maximum Gasteiger partial charge on any atom is 0.339 e. The Balaban J connectivity index is 2.39. The number of hydrogen-bond acceptors (Lipinski definition) is 4. The molecular weight excluding hydrogens is 270 g/mol. The van der Waals surface area contributed by atoms with Crippen molar-refractivity contribution < 1.29 is 14.3 Å². The summed E-state index contributed by atoms with van der Waals surface area (Å²) in [5.74, 6) is -0.925. The van der Waals surface area contributed by atoms with Gasteiger partial charge in [0.2, 0.25) is 0 Å². The van der Waals surface area contributed by atoms with Crippen LogP contribution in [0.15, 0.2) is 33.5 Å². The molecule has 0 atom stereocenters. The summed E-state index contributed by atoms with van der Waals surface area (Å²) in [5, 5.41) is 9.50. The van der Waals surface area contributed by atoms with Crippen LogP contribution in [0.2, 0.25) is 0 Å². The number of carboxylic acids is 1. The van der Waals surface area contributed by atoms with Gasteiger partial charge >= 0.3 is 11.6 Å². The van der Waals surface area contributed by atoms with Gasteiger partial charge in [0.05, 0.1) is 0 Å². The third kappa shape index (κ3) is 3.42. The number of anilines is 1. The smallest absolute Gasteiger partial charge is 0.339 e. The zero-order valence-corrected chi connectivity index (χ0v) is 12.3. The van der Waals surface area contributed by atoms with Crippen molar-refractivity contribution in [3.05, 3.63) is 40.2 Å². The number of aliphatic carboxylic acids is 1. The highest BCUT2D eigenvalue weighted by Gasteiger charge is 2.09. The average molecular weight is 289 g/mol. The summed E-state index contributed by atoms with van der Waals surface area (Å²) in [6, 6.07) is 7.45. The van der Waals surface area contributed by atoms with Gasteiger partial charge in [-0.2, -0.15) is 0 Å². The van der Waals surface area contributed by atoms with Crippen molar-refractivity contribution in [1.29, 1.82) is 0 Å². The predicted octanol–water partition coefficient (Wildman–Crippen LogP) is 2.66. The second-order valence-corrected chi connectivity index (χ2v) is 4.85. The topological polar surface area (TPSA) is 70.8 Å². The van der Waals surface area contributed by atoms with Gasteiger partial charge in [0.1, 0.15) is 5.58 Å². The van der Waals surface area contributed by atoms with Crippen LogP contribution in [-0.2, 0) is 11.2 Å². The molecule has 0 spiro atoms. The first kappa shape index (κ1) is 15.1. The van der Waals surface area contributed by atoms with Gasteiger partial charge in [-0.05, 0) is 38.5 Å². The first-order chi connectivity index (χ1) is 10.0. The summed E-state index contributed by atoms with van der Waals surface area (Å²) < 4.78 is 5.33.